The van der Waals surface area contributed by atoms with Gasteiger partial charge in [0.15, 0.2) is 11.6 Å². The first kappa shape index (κ1) is 21.2. The maximum absolute atomic E-state index is 14.5. The number of halogens is 3. The molecule has 10 heteroatoms. The van der Waals surface area contributed by atoms with E-state index in [0.717, 1.165) is 21.7 Å². The summed E-state index contributed by atoms with van der Waals surface area (Å²) in [6.07, 6.45) is 0.672. The molecule has 1 aliphatic rings. The number of benzene rings is 2. The zero-order valence-electron chi connectivity index (χ0n) is 15.2. The predicted octanol–water partition coefficient (Wildman–Crippen LogP) is 3.57. The Morgan fingerprint density at radius 3 is 2.61 bits per heavy atom. The van der Waals surface area contributed by atoms with Gasteiger partial charge in [-0.05, 0) is 78.4 Å². The van der Waals surface area contributed by atoms with E-state index in [1.54, 1.807) is 6.07 Å². The van der Waals surface area contributed by atoms with Crippen molar-refractivity contribution in [3.63, 3.8) is 0 Å². The van der Waals surface area contributed by atoms with Gasteiger partial charge in [-0.2, -0.15) is 12.7 Å². The van der Waals surface area contributed by atoms with Crippen molar-refractivity contribution in [3.8, 4) is 0 Å². The van der Waals surface area contributed by atoms with Crippen LogP contribution < -0.4 is 15.4 Å². The first-order valence-electron chi connectivity index (χ1n) is 8.78. The van der Waals surface area contributed by atoms with Gasteiger partial charge in [0.05, 0.1) is 5.69 Å². The van der Waals surface area contributed by atoms with Crippen LogP contribution in [-0.2, 0) is 10.2 Å². The fourth-order valence-corrected chi connectivity index (χ4v) is 4.85. The summed E-state index contributed by atoms with van der Waals surface area (Å²) in [7, 11) is -3.91. The van der Waals surface area contributed by atoms with Gasteiger partial charge < -0.3 is 10.6 Å². The van der Waals surface area contributed by atoms with Crippen molar-refractivity contribution in [2.45, 2.75) is 13.3 Å². The van der Waals surface area contributed by atoms with Crippen LogP contribution >= 0.6 is 22.6 Å². The molecule has 6 nitrogen and oxygen atoms in total. The number of aryl methyl sites for hydroxylation is 1. The molecule has 1 heterocycles. The van der Waals surface area contributed by atoms with Gasteiger partial charge in [-0.3, -0.25) is 4.72 Å². The van der Waals surface area contributed by atoms with E-state index in [1.165, 1.54) is 10.4 Å². The Balaban J connectivity index is 1.94. The molecule has 2 aromatic carbocycles. The molecule has 0 spiro atoms. The summed E-state index contributed by atoms with van der Waals surface area (Å²) in [4.78, 5) is 0. The van der Waals surface area contributed by atoms with E-state index >= 15 is 0 Å². The number of nitrogens with one attached hydrogen (secondary N) is 3. The number of rotatable bonds is 5. The molecule has 0 radical (unpaired) electrons. The van der Waals surface area contributed by atoms with Crippen molar-refractivity contribution in [1.29, 1.82) is 0 Å². The first-order valence-corrected chi connectivity index (χ1v) is 11.3. The van der Waals surface area contributed by atoms with Crippen molar-refractivity contribution < 1.29 is 17.2 Å². The molecule has 1 aliphatic heterocycles. The highest BCUT2D eigenvalue weighted by atomic mass is 127. The largest absolute Gasteiger partial charge is 0.351 e. The second-order valence-corrected chi connectivity index (χ2v) is 9.39. The molecule has 0 saturated carbocycles. The van der Waals surface area contributed by atoms with Gasteiger partial charge in [-0.25, -0.2) is 8.78 Å². The van der Waals surface area contributed by atoms with Crippen molar-refractivity contribution >= 4 is 49.9 Å². The minimum atomic E-state index is -3.91. The van der Waals surface area contributed by atoms with E-state index in [1.807, 2.05) is 19.1 Å². The lowest BCUT2D eigenvalue weighted by Crippen LogP contribution is -2.38. The van der Waals surface area contributed by atoms with Gasteiger partial charge in [-0.1, -0.05) is 0 Å². The number of hydrogen-bond acceptors (Lipinski definition) is 4. The second kappa shape index (κ2) is 8.89. The number of anilines is 3. The van der Waals surface area contributed by atoms with E-state index in [4.69, 9.17) is 0 Å². The van der Waals surface area contributed by atoms with Crippen molar-refractivity contribution in [2.24, 2.45) is 0 Å². The van der Waals surface area contributed by atoms with Crippen molar-refractivity contribution in [3.05, 3.63) is 51.1 Å². The third-order valence-corrected chi connectivity index (χ3v) is 6.61. The van der Waals surface area contributed by atoms with Crippen LogP contribution in [0, 0.1) is 22.1 Å². The lowest BCUT2D eigenvalue weighted by Gasteiger charge is -2.22. The van der Waals surface area contributed by atoms with Crippen LogP contribution in [0.15, 0.2) is 30.3 Å². The molecule has 3 rings (SSSR count). The lowest BCUT2D eigenvalue weighted by molar-refractivity contribution is 0.436. The highest BCUT2D eigenvalue weighted by Crippen LogP contribution is 2.33. The van der Waals surface area contributed by atoms with Crippen LogP contribution in [0.25, 0.3) is 0 Å². The third kappa shape index (κ3) is 4.91. The van der Waals surface area contributed by atoms with Gasteiger partial charge in [0.1, 0.15) is 5.69 Å². The first-order chi connectivity index (χ1) is 13.3. The zero-order chi connectivity index (χ0) is 20.3. The molecule has 3 N–H and O–H groups in total. The van der Waals surface area contributed by atoms with Gasteiger partial charge in [0.25, 0.3) is 0 Å². The molecule has 1 saturated heterocycles. The topological polar surface area (TPSA) is 73.5 Å². The Morgan fingerprint density at radius 2 is 1.86 bits per heavy atom. The maximum Gasteiger partial charge on any atom is 0.301 e. The molecule has 0 aliphatic carbocycles. The Bertz CT molecular complexity index is 964. The third-order valence-electron chi connectivity index (χ3n) is 4.42. The summed E-state index contributed by atoms with van der Waals surface area (Å²) >= 11 is 2.15. The maximum atomic E-state index is 14.5. The van der Waals surface area contributed by atoms with Gasteiger partial charge in [0.2, 0.25) is 0 Å². The highest BCUT2D eigenvalue weighted by Gasteiger charge is 2.25. The highest BCUT2D eigenvalue weighted by molar-refractivity contribution is 14.1. The van der Waals surface area contributed by atoms with E-state index in [9.17, 15) is 17.2 Å². The fraction of sp³-hybridized carbons (Fsp3) is 0.333. The Hall–Kier alpha value is -1.50. The summed E-state index contributed by atoms with van der Waals surface area (Å²) in [5.74, 6) is -2.21. The van der Waals surface area contributed by atoms with Crippen LogP contribution in [0.5, 0.6) is 0 Å². The Labute approximate surface area is 177 Å². The molecule has 28 heavy (non-hydrogen) atoms. The minimum Gasteiger partial charge on any atom is -0.351 e. The van der Waals surface area contributed by atoms with Crippen LogP contribution in [-0.4, -0.2) is 38.9 Å². The van der Waals surface area contributed by atoms with E-state index in [0.29, 0.717) is 31.7 Å². The van der Waals surface area contributed by atoms with Crippen LogP contribution in [0.2, 0.25) is 0 Å². The normalized spacial score (nSPS) is 15.9. The molecular formula is C18H21F2IN4O2S. The van der Waals surface area contributed by atoms with Crippen molar-refractivity contribution in [1.82, 2.24) is 9.62 Å². The summed E-state index contributed by atoms with van der Waals surface area (Å²) < 4.78 is 58.6. The molecule has 0 bridgehead atoms. The fourth-order valence-electron chi connectivity index (χ4n) is 2.92. The van der Waals surface area contributed by atoms with Gasteiger partial charge in [0, 0.05) is 28.9 Å². The monoisotopic (exact) mass is 522 g/mol. The van der Waals surface area contributed by atoms with Crippen LogP contribution in [0.1, 0.15) is 12.0 Å². The number of hydrogen-bond donors (Lipinski definition) is 3. The summed E-state index contributed by atoms with van der Waals surface area (Å²) in [6, 6.07) is 7.56. The molecule has 0 amide bonds. The standard InChI is InChI=1S/C18H21F2IN4O2S/c1-12-11-13(21)3-5-15(12)23-18-16(6-4-14(19)17(18)20)24-28(26,27)25-9-2-7-22-8-10-25/h3-6,11,22-24H,2,7-10H2,1H3. The smallest absolute Gasteiger partial charge is 0.301 e. The predicted molar refractivity (Wildman–Crippen MR) is 115 cm³/mol. The van der Waals surface area contributed by atoms with E-state index in [-0.39, 0.29) is 11.4 Å². The molecule has 0 aromatic heterocycles. The minimum absolute atomic E-state index is 0.0472. The molecule has 152 valence electrons. The van der Waals surface area contributed by atoms with E-state index < -0.39 is 21.8 Å². The SMILES string of the molecule is Cc1cc(I)ccc1Nc1c(NS(=O)(=O)N2CCCNCC2)ccc(F)c1F. The Morgan fingerprint density at radius 1 is 1.11 bits per heavy atom. The lowest BCUT2D eigenvalue weighted by atomic mass is 10.2. The molecule has 2 aromatic rings. The Kier molecular flexibility index (Phi) is 6.73. The van der Waals surface area contributed by atoms with E-state index in [2.05, 4.69) is 37.9 Å². The molecule has 0 unspecified atom stereocenters. The molecule has 1 fully saturated rings. The average molecular weight is 522 g/mol. The molecule has 0 atom stereocenters. The average Bonchev–Trinajstić information content (AvgIpc) is 2.93. The summed E-state index contributed by atoms with van der Waals surface area (Å²) in [5.41, 5.74) is 1.09. The zero-order valence-corrected chi connectivity index (χ0v) is 18.2. The van der Waals surface area contributed by atoms with Crippen LogP contribution in [0.3, 0.4) is 0 Å². The quantitative estimate of drug-likeness (QED) is 0.526. The van der Waals surface area contributed by atoms with Crippen molar-refractivity contribution in [2.75, 3.05) is 36.2 Å². The van der Waals surface area contributed by atoms with Crippen LogP contribution in [0.4, 0.5) is 25.8 Å². The summed E-state index contributed by atoms with van der Waals surface area (Å²) in [5, 5.41) is 5.97. The van der Waals surface area contributed by atoms with Gasteiger partial charge in [-0.15, -0.1) is 0 Å². The second-order valence-electron chi connectivity index (χ2n) is 6.48. The summed E-state index contributed by atoms with van der Waals surface area (Å²) in [6.45, 7) is 3.75. The number of nitrogens with zero attached hydrogens (tertiary/aromatic N) is 1. The molecular weight excluding hydrogens is 501 g/mol. The van der Waals surface area contributed by atoms with Gasteiger partial charge >= 0.3 is 10.2 Å².